The van der Waals surface area contributed by atoms with Crippen LogP contribution in [0.1, 0.15) is 41.6 Å². The topological polar surface area (TPSA) is 56.0 Å². The SMILES string of the molecule is NC1CCC(C(=O)c2cnccc2C(F)(F)F)CC1. The molecule has 0 bridgehead atoms. The lowest BCUT2D eigenvalue weighted by atomic mass is 9.81. The van der Waals surface area contributed by atoms with E-state index in [1.807, 2.05) is 0 Å². The number of carbonyl (C=O) groups excluding carboxylic acids is 1. The first kappa shape index (κ1) is 14.0. The van der Waals surface area contributed by atoms with Crippen LogP contribution in [0.2, 0.25) is 0 Å². The molecule has 0 saturated heterocycles. The normalized spacial score (nSPS) is 24.2. The molecular formula is C13H15F3N2O. The van der Waals surface area contributed by atoms with Crippen LogP contribution < -0.4 is 5.73 Å². The van der Waals surface area contributed by atoms with Crippen LogP contribution in [0.3, 0.4) is 0 Å². The van der Waals surface area contributed by atoms with Crippen LogP contribution in [0.15, 0.2) is 18.5 Å². The molecule has 0 aliphatic heterocycles. The lowest BCUT2D eigenvalue weighted by Crippen LogP contribution is -2.30. The number of halogens is 3. The van der Waals surface area contributed by atoms with Crippen LogP contribution in [-0.4, -0.2) is 16.8 Å². The number of rotatable bonds is 2. The fraction of sp³-hybridized carbons (Fsp3) is 0.538. The molecule has 1 aliphatic carbocycles. The van der Waals surface area contributed by atoms with Gasteiger partial charge < -0.3 is 5.73 Å². The monoisotopic (exact) mass is 272 g/mol. The van der Waals surface area contributed by atoms with Gasteiger partial charge in [-0.1, -0.05) is 0 Å². The number of pyridine rings is 1. The Morgan fingerprint density at radius 2 is 1.89 bits per heavy atom. The summed E-state index contributed by atoms with van der Waals surface area (Å²) in [5.74, 6) is -0.836. The number of nitrogens with two attached hydrogens (primary N) is 1. The predicted octanol–water partition coefficient (Wildman–Crippen LogP) is 2.80. The van der Waals surface area contributed by atoms with Gasteiger partial charge in [0.05, 0.1) is 5.56 Å². The summed E-state index contributed by atoms with van der Waals surface area (Å²) in [6.07, 6.45) is -0.0104. The van der Waals surface area contributed by atoms with E-state index in [1.54, 1.807) is 0 Å². The van der Waals surface area contributed by atoms with Gasteiger partial charge in [0, 0.05) is 29.9 Å². The van der Waals surface area contributed by atoms with E-state index in [2.05, 4.69) is 4.98 Å². The van der Waals surface area contributed by atoms with Crippen LogP contribution in [-0.2, 0) is 6.18 Å². The Morgan fingerprint density at radius 3 is 2.47 bits per heavy atom. The summed E-state index contributed by atoms with van der Waals surface area (Å²) in [7, 11) is 0. The molecule has 0 radical (unpaired) electrons. The fourth-order valence-electron chi connectivity index (χ4n) is 2.44. The first-order valence-corrected chi connectivity index (χ1v) is 6.20. The molecule has 3 nitrogen and oxygen atoms in total. The van der Waals surface area contributed by atoms with E-state index >= 15 is 0 Å². The molecule has 6 heteroatoms. The van der Waals surface area contributed by atoms with Gasteiger partial charge in [-0.05, 0) is 31.7 Å². The molecule has 1 heterocycles. The Balaban J connectivity index is 2.24. The molecule has 1 aliphatic rings. The second-order valence-electron chi connectivity index (χ2n) is 4.89. The number of carbonyl (C=O) groups is 1. The van der Waals surface area contributed by atoms with E-state index in [9.17, 15) is 18.0 Å². The molecule has 1 saturated carbocycles. The summed E-state index contributed by atoms with van der Waals surface area (Å²) in [5.41, 5.74) is 4.51. The summed E-state index contributed by atoms with van der Waals surface area (Å²) in [6.45, 7) is 0. The van der Waals surface area contributed by atoms with Crippen molar-refractivity contribution in [1.29, 1.82) is 0 Å². The van der Waals surface area contributed by atoms with E-state index < -0.39 is 17.5 Å². The summed E-state index contributed by atoms with van der Waals surface area (Å²) in [4.78, 5) is 15.8. The zero-order chi connectivity index (χ0) is 14.0. The molecule has 19 heavy (non-hydrogen) atoms. The molecule has 0 spiro atoms. The van der Waals surface area contributed by atoms with Gasteiger partial charge in [-0.3, -0.25) is 9.78 Å². The van der Waals surface area contributed by atoms with Gasteiger partial charge in [-0.25, -0.2) is 0 Å². The van der Waals surface area contributed by atoms with Gasteiger partial charge in [0.25, 0.3) is 0 Å². The molecular weight excluding hydrogens is 257 g/mol. The smallest absolute Gasteiger partial charge is 0.328 e. The van der Waals surface area contributed by atoms with E-state index in [0.29, 0.717) is 25.7 Å². The van der Waals surface area contributed by atoms with Gasteiger partial charge >= 0.3 is 6.18 Å². The molecule has 1 aromatic heterocycles. The van der Waals surface area contributed by atoms with Crippen molar-refractivity contribution >= 4 is 5.78 Å². The van der Waals surface area contributed by atoms with Crippen molar-refractivity contribution in [2.45, 2.75) is 37.9 Å². The van der Waals surface area contributed by atoms with Gasteiger partial charge in [-0.15, -0.1) is 0 Å². The van der Waals surface area contributed by atoms with Crippen LogP contribution in [0.5, 0.6) is 0 Å². The number of alkyl halides is 3. The van der Waals surface area contributed by atoms with Crippen molar-refractivity contribution in [2.75, 3.05) is 0 Å². The highest BCUT2D eigenvalue weighted by Gasteiger charge is 2.37. The molecule has 0 unspecified atom stereocenters. The average Bonchev–Trinajstić information content (AvgIpc) is 2.38. The number of hydrogen-bond donors (Lipinski definition) is 1. The van der Waals surface area contributed by atoms with Gasteiger partial charge in [-0.2, -0.15) is 13.2 Å². The number of hydrogen-bond acceptors (Lipinski definition) is 3. The zero-order valence-electron chi connectivity index (χ0n) is 10.3. The summed E-state index contributed by atoms with van der Waals surface area (Å²) < 4.78 is 38.5. The molecule has 2 rings (SSSR count). The predicted molar refractivity (Wildman–Crippen MR) is 63.5 cm³/mol. The first-order valence-electron chi connectivity index (χ1n) is 6.20. The maximum absolute atomic E-state index is 12.8. The average molecular weight is 272 g/mol. The second kappa shape index (κ2) is 5.28. The minimum absolute atomic E-state index is 0.0556. The lowest BCUT2D eigenvalue weighted by Gasteiger charge is -2.25. The van der Waals surface area contributed by atoms with Crippen LogP contribution in [0.4, 0.5) is 13.2 Å². The van der Waals surface area contributed by atoms with Crippen molar-refractivity contribution in [3.05, 3.63) is 29.6 Å². The van der Waals surface area contributed by atoms with Gasteiger partial charge in [0.1, 0.15) is 0 Å². The minimum Gasteiger partial charge on any atom is -0.328 e. The Bertz CT molecular complexity index is 465. The third-order valence-electron chi connectivity index (χ3n) is 3.53. The van der Waals surface area contributed by atoms with Crippen molar-refractivity contribution in [1.82, 2.24) is 4.98 Å². The zero-order valence-corrected chi connectivity index (χ0v) is 10.3. The minimum atomic E-state index is -4.53. The molecule has 1 aromatic rings. The highest BCUT2D eigenvalue weighted by molar-refractivity contribution is 5.99. The van der Waals surface area contributed by atoms with E-state index in [4.69, 9.17) is 5.73 Å². The summed E-state index contributed by atoms with van der Waals surface area (Å²) >= 11 is 0. The maximum Gasteiger partial charge on any atom is 0.417 e. The maximum atomic E-state index is 12.8. The van der Waals surface area contributed by atoms with Crippen molar-refractivity contribution in [3.8, 4) is 0 Å². The van der Waals surface area contributed by atoms with Gasteiger partial charge in [0.2, 0.25) is 0 Å². The number of nitrogens with zero attached hydrogens (tertiary/aromatic N) is 1. The molecule has 0 atom stereocenters. The quantitative estimate of drug-likeness (QED) is 0.842. The van der Waals surface area contributed by atoms with Crippen LogP contribution in [0, 0.1) is 5.92 Å². The lowest BCUT2D eigenvalue weighted by molar-refractivity contribution is -0.138. The first-order chi connectivity index (χ1) is 8.89. The molecule has 1 fully saturated rings. The molecule has 0 aromatic carbocycles. The Hall–Kier alpha value is -1.43. The number of ketones is 1. The fourth-order valence-corrected chi connectivity index (χ4v) is 2.44. The Kier molecular flexibility index (Phi) is 3.89. The molecule has 0 amide bonds. The molecule has 104 valence electrons. The Morgan fingerprint density at radius 1 is 1.26 bits per heavy atom. The summed E-state index contributed by atoms with van der Waals surface area (Å²) in [6, 6.07) is 0.905. The molecule has 2 N–H and O–H groups in total. The summed E-state index contributed by atoms with van der Waals surface area (Å²) in [5, 5.41) is 0. The highest BCUT2D eigenvalue weighted by Crippen LogP contribution is 2.34. The van der Waals surface area contributed by atoms with E-state index in [1.165, 1.54) is 0 Å². The van der Waals surface area contributed by atoms with Gasteiger partial charge in [0.15, 0.2) is 5.78 Å². The highest BCUT2D eigenvalue weighted by atomic mass is 19.4. The third-order valence-corrected chi connectivity index (χ3v) is 3.53. The van der Waals surface area contributed by atoms with E-state index in [0.717, 1.165) is 18.5 Å². The van der Waals surface area contributed by atoms with Crippen LogP contribution in [0.25, 0.3) is 0 Å². The van der Waals surface area contributed by atoms with Crippen LogP contribution >= 0.6 is 0 Å². The second-order valence-corrected chi connectivity index (χ2v) is 4.89. The Labute approximate surface area is 109 Å². The van der Waals surface area contributed by atoms with Crippen molar-refractivity contribution in [2.24, 2.45) is 11.7 Å². The third kappa shape index (κ3) is 3.12. The standard InChI is InChI=1S/C13H15F3N2O/c14-13(15,16)11-5-6-18-7-10(11)12(19)8-1-3-9(17)4-2-8/h5-9H,1-4,17H2. The number of Topliss-reactive ketones (excluding diaryl/α,β-unsaturated/α-hetero) is 1. The largest absolute Gasteiger partial charge is 0.417 e. The number of aromatic nitrogens is 1. The van der Waals surface area contributed by atoms with Crippen molar-refractivity contribution in [3.63, 3.8) is 0 Å². The van der Waals surface area contributed by atoms with Crippen molar-refractivity contribution < 1.29 is 18.0 Å². The van der Waals surface area contributed by atoms with E-state index in [-0.39, 0.29) is 17.5 Å².